The Bertz CT molecular complexity index is 1050. The summed E-state index contributed by atoms with van der Waals surface area (Å²) in [6.45, 7) is 2.14. The van der Waals surface area contributed by atoms with E-state index in [4.69, 9.17) is 4.98 Å². The number of nitrogens with zero attached hydrogens (tertiary/aromatic N) is 2. The highest BCUT2D eigenvalue weighted by molar-refractivity contribution is 5.85. The molecule has 2 nitrogen and oxygen atoms in total. The maximum absolute atomic E-state index is 5.00. The molecular formula is C22H20N2. The SMILES string of the molecule is Cc1ccc(-c2cc3c(c4nc5ccccc5n24)CCCC3)cc1. The standard InChI is InChI=1S/C22H20N2/c1-15-10-12-16(13-11-15)21-14-17-6-2-3-7-18(17)22-23-19-8-4-5-9-20(19)24(21)22/h4-5,8-14H,2-3,6-7H2,1H3. The van der Waals surface area contributed by atoms with Crippen LogP contribution in [0.15, 0.2) is 54.6 Å². The van der Waals surface area contributed by atoms with E-state index in [1.54, 1.807) is 0 Å². The molecule has 4 aromatic rings. The number of pyridine rings is 1. The number of hydrogen-bond acceptors (Lipinski definition) is 1. The topological polar surface area (TPSA) is 17.3 Å². The van der Waals surface area contributed by atoms with Gasteiger partial charge >= 0.3 is 0 Å². The maximum Gasteiger partial charge on any atom is 0.141 e. The summed E-state index contributed by atoms with van der Waals surface area (Å²) in [6, 6.07) is 19.7. The molecule has 0 fully saturated rings. The van der Waals surface area contributed by atoms with E-state index in [-0.39, 0.29) is 0 Å². The van der Waals surface area contributed by atoms with Gasteiger partial charge in [0.05, 0.1) is 16.7 Å². The van der Waals surface area contributed by atoms with Crippen molar-refractivity contribution in [2.24, 2.45) is 0 Å². The van der Waals surface area contributed by atoms with Gasteiger partial charge in [0, 0.05) is 0 Å². The van der Waals surface area contributed by atoms with Gasteiger partial charge in [0.2, 0.25) is 0 Å². The third-order valence-electron chi connectivity index (χ3n) is 5.24. The Labute approximate surface area is 141 Å². The first-order valence-corrected chi connectivity index (χ1v) is 8.80. The van der Waals surface area contributed by atoms with Gasteiger partial charge in [-0.2, -0.15) is 0 Å². The summed E-state index contributed by atoms with van der Waals surface area (Å²) in [5.74, 6) is 0. The van der Waals surface area contributed by atoms with Gasteiger partial charge in [-0.3, -0.25) is 4.40 Å². The lowest BCUT2D eigenvalue weighted by molar-refractivity contribution is 0.685. The second-order valence-electron chi connectivity index (χ2n) is 6.87. The van der Waals surface area contributed by atoms with E-state index < -0.39 is 0 Å². The summed E-state index contributed by atoms with van der Waals surface area (Å²) >= 11 is 0. The molecule has 0 radical (unpaired) electrons. The molecule has 2 aromatic heterocycles. The lowest BCUT2D eigenvalue weighted by Gasteiger charge is -2.19. The fraction of sp³-hybridized carbons (Fsp3) is 0.227. The normalized spacial score (nSPS) is 14.2. The zero-order valence-electron chi connectivity index (χ0n) is 13.9. The molecule has 2 aromatic carbocycles. The minimum absolute atomic E-state index is 1.09. The molecule has 1 aliphatic rings. The molecule has 0 saturated carbocycles. The van der Waals surface area contributed by atoms with Crippen molar-refractivity contribution in [3.8, 4) is 11.3 Å². The summed E-state index contributed by atoms with van der Waals surface area (Å²) in [7, 11) is 0. The van der Waals surface area contributed by atoms with Gasteiger partial charge in [0.1, 0.15) is 5.65 Å². The summed E-state index contributed by atoms with van der Waals surface area (Å²) in [5.41, 5.74) is 10.2. The number of para-hydroxylation sites is 2. The van der Waals surface area contributed by atoms with E-state index in [9.17, 15) is 0 Å². The van der Waals surface area contributed by atoms with E-state index in [0.29, 0.717) is 0 Å². The summed E-state index contributed by atoms with van der Waals surface area (Å²) in [6.07, 6.45) is 4.89. The maximum atomic E-state index is 5.00. The first kappa shape index (κ1) is 13.8. The number of hydrogen-bond donors (Lipinski definition) is 0. The Morgan fingerprint density at radius 3 is 2.58 bits per heavy atom. The Hall–Kier alpha value is -2.61. The fourth-order valence-corrected chi connectivity index (χ4v) is 3.98. The smallest absolute Gasteiger partial charge is 0.141 e. The molecule has 2 heterocycles. The van der Waals surface area contributed by atoms with E-state index in [2.05, 4.69) is 65.9 Å². The van der Waals surface area contributed by atoms with Crippen molar-refractivity contribution >= 4 is 16.7 Å². The van der Waals surface area contributed by atoms with Crippen LogP contribution >= 0.6 is 0 Å². The monoisotopic (exact) mass is 312 g/mol. The minimum atomic E-state index is 1.09. The van der Waals surface area contributed by atoms with Gasteiger partial charge in [-0.15, -0.1) is 0 Å². The molecule has 118 valence electrons. The number of aromatic nitrogens is 2. The van der Waals surface area contributed by atoms with E-state index >= 15 is 0 Å². The van der Waals surface area contributed by atoms with Crippen LogP contribution in [-0.2, 0) is 12.8 Å². The molecule has 0 aliphatic heterocycles. The highest BCUT2D eigenvalue weighted by atomic mass is 15.0. The van der Waals surface area contributed by atoms with E-state index in [1.807, 2.05) is 0 Å². The molecule has 0 saturated heterocycles. The summed E-state index contributed by atoms with van der Waals surface area (Å²) in [5, 5.41) is 0. The van der Waals surface area contributed by atoms with Crippen LogP contribution in [0.1, 0.15) is 29.5 Å². The largest absolute Gasteiger partial charge is 0.292 e. The van der Waals surface area contributed by atoms with Gasteiger partial charge in [-0.25, -0.2) is 4.98 Å². The first-order chi connectivity index (χ1) is 11.8. The second kappa shape index (κ2) is 5.20. The Kier molecular flexibility index (Phi) is 2.99. The number of benzene rings is 2. The zero-order chi connectivity index (χ0) is 16.1. The third-order valence-corrected chi connectivity index (χ3v) is 5.24. The second-order valence-corrected chi connectivity index (χ2v) is 6.87. The highest BCUT2D eigenvalue weighted by Gasteiger charge is 2.19. The van der Waals surface area contributed by atoms with Crippen molar-refractivity contribution in [3.05, 3.63) is 71.3 Å². The highest BCUT2D eigenvalue weighted by Crippen LogP contribution is 2.33. The van der Waals surface area contributed by atoms with Gasteiger partial charge in [-0.1, -0.05) is 42.0 Å². The van der Waals surface area contributed by atoms with Crippen molar-refractivity contribution in [3.63, 3.8) is 0 Å². The fourth-order valence-electron chi connectivity index (χ4n) is 3.98. The summed E-state index contributed by atoms with van der Waals surface area (Å²) < 4.78 is 2.37. The molecular weight excluding hydrogens is 292 g/mol. The van der Waals surface area contributed by atoms with Crippen LogP contribution in [0, 0.1) is 6.92 Å². The zero-order valence-corrected chi connectivity index (χ0v) is 13.9. The van der Waals surface area contributed by atoms with Gasteiger partial charge in [-0.05, 0) is 67.5 Å². The number of fused-ring (bicyclic) bond motifs is 5. The minimum Gasteiger partial charge on any atom is -0.292 e. The van der Waals surface area contributed by atoms with Crippen molar-refractivity contribution < 1.29 is 0 Å². The van der Waals surface area contributed by atoms with Crippen LogP contribution in [0.4, 0.5) is 0 Å². The van der Waals surface area contributed by atoms with E-state index in [0.717, 1.165) is 17.6 Å². The van der Waals surface area contributed by atoms with Crippen LogP contribution in [0.2, 0.25) is 0 Å². The van der Waals surface area contributed by atoms with Gasteiger partial charge in [0.15, 0.2) is 0 Å². The first-order valence-electron chi connectivity index (χ1n) is 8.80. The lowest BCUT2D eigenvalue weighted by atomic mass is 9.91. The molecule has 24 heavy (non-hydrogen) atoms. The predicted molar refractivity (Wildman–Crippen MR) is 99.5 cm³/mol. The Morgan fingerprint density at radius 1 is 0.917 bits per heavy atom. The van der Waals surface area contributed by atoms with Crippen LogP contribution < -0.4 is 0 Å². The van der Waals surface area contributed by atoms with Crippen LogP contribution in [0.25, 0.3) is 27.9 Å². The van der Waals surface area contributed by atoms with Crippen molar-refractivity contribution in [2.45, 2.75) is 32.6 Å². The van der Waals surface area contributed by atoms with Crippen LogP contribution in [0.3, 0.4) is 0 Å². The molecule has 2 heteroatoms. The molecule has 0 bridgehead atoms. The molecule has 5 rings (SSSR count). The Balaban J connectivity index is 1.93. The number of imidazole rings is 1. The molecule has 1 aliphatic carbocycles. The molecule has 0 unspecified atom stereocenters. The molecule has 0 atom stereocenters. The van der Waals surface area contributed by atoms with Crippen molar-refractivity contribution in [1.29, 1.82) is 0 Å². The molecule has 0 spiro atoms. The van der Waals surface area contributed by atoms with Crippen molar-refractivity contribution in [1.82, 2.24) is 9.38 Å². The average Bonchev–Trinajstić information content (AvgIpc) is 3.02. The van der Waals surface area contributed by atoms with Crippen LogP contribution in [0.5, 0.6) is 0 Å². The quantitative estimate of drug-likeness (QED) is 0.463. The third kappa shape index (κ3) is 1.99. The number of rotatable bonds is 1. The predicted octanol–water partition coefficient (Wildman–Crippen LogP) is 5.34. The number of aryl methyl sites for hydroxylation is 3. The Morgan fingerprint density at radius 2 is 1.71 bits per heavy atom. The lowest BCUT2D eigenvalue weighted by Crippen LogP contribution is -2.07. The molecule has 0 N–H and O–H groups in total. The summed E-state index contributed by atoms with van der Waals surface area (Å²) in [4.78, 5) is 5.00. The van der Waals surface area contributed by atoms with Crippen molar-refractivity contribution in [2.75, 3.05) is 0 Å². The molecule has 0 amide bonds. The average molecular weight is 312 g/mol. The van der Waals surface area contributed by atoms with Gasteiger partial charge in [0.25, 0.3) is 0 Å². The van der Waals surface area contributed by atoms with E-state index in [1.165, 1.54) is 52.7 Å². The van der Waals surface area contributed by atoms with Crippen LogP contribution in [-0.4, -0.2) is 9.38 Å². The van der Waals surface area contributed by atoms with Gasteiger partial charge < -0.3 is 0 Å².